The summed E-state index contributed by atoms with van der Waals surface area (Å²) in [4.78, 5) is 13.1. The van der Waals surface area contributed by atoms with Crippen LogP contribution < -0.4 is 10.0 Å². The van der Waals surface area contributed by atoms with E-state index in [1.807, 2.05) is 0 Å². The van der Waals surface area contributed by atoms with Crippen LogP contribution in [0.15, 0.2) is 18.2 Å². The molecule has 1 unspecified atom stereocenters. The maximum absolute atomic E-state index is 12.9. The van der Waals surface area contributed by atoms with E-state index in [9.17, 15) is 22.7 Å². The molecule has 0 aromatic heterocycles. The molecule has 1 aliphatic heterocycles. The Balaban J connectivity index is 2.18. The molecule has 1 heterocycles. The van der Waals surface area contributed by atoms with Gasteiger partial charge in [-0.2, -0.15) is 0 Å². The van der Waals surface area contributed by atoms with Crippen molar-refractivity contribution in [3.8, 4) is 5.75 Å². The van der Waals surface area contributed by atoms with Gasteiger partial charge < -0.3 is 10.0 Å². The van der Waals surface area contributed by atoms with Gasteiger partial charge in [-0.1, -0.05) is 0 Å². The molecule has 3 N–H and O–H groups in total. The zero-order valence-corrected chi connectivity index (χ0v) is 10.7. The Morgan fingerprint density at radius 1 is 1.47 bits per heavy atom. The van der Waals surface area contributed by atoms with Crippen LogP contribution in [0.5, 0.6) is 5.75 Å². The maximum Gasteiger partial charge on any atom is 0.227 e. The zero-order chi connectivity index (χ0) is 14.2. The lowest BCUT2D eigenvalue weighted by molar-refractivity contribution is -0.117. The van der Waals surface area contributed by atoms with Gasteiger partial charge in [-0.25, -0.2) is 17.9 Å². The largest absolute Gasteiger partial charge is 0.505 e. The van der Waals surface area contributed by atoms with E-state index >= 15 is 0 Å². The first kappa shape index (κ1) is 13.8. The number of carbonyl (C=O) groups is 1. The fourth-order valence-corrected chi connectivity index (χ4v) is 3.02. The van der Waals surface area contributed by atoms with Crippen LogP contribution in [0.3, 0.4) is 0 Å². The molecule has 0 radical (unpaired) electrons. The van der Waals surface area contributed by atoms with Gasteiger partial charge in [0, 0.05) is 30.6 Å². The van der Waals surface area contributed by atoms with Crippen molar-refractivity contribution in [1.82, 2.24) is 0 Å². The topological polar surface area (TPSA) is 101 Å². The van der Waals surface area contributed by atoms with Crippen LogP contribution in [-0.4, -0.2) is 31.7 Å². The molecule has 0 bridgehead atoms. The number of halogens is 1. The standard InChI is InChI=1S/C11H13FN2O4S/c12-9-2-1-8(4-10(9)15)14-5-7(3-11(14)16)6-19(13,17)18/h1-2,4,7,15H,3,5-6H2,(H2,13,17,18). The number of benzene rings is 1. The Kier molecular flexibility index (Phi) is 3.46. The molecule has 2 rings (SSSR count). The van der Waals surface area contributed by atoms with Gasteiger partial charge >= 0.3 is 0 Å². The molecule has 1 fully saturated rings. The van der Waals surface area contributed by atoms with Crippen LogP contribution in [0.1, 0.15) is 6.42 Å². The van der Waals surface area contributed by atoms with Gasteiger partial charge in [0.1, 0.15) is 0 Å². The zero-order valence-electron chi connectivity index (χ0n) is 9.91. The summed E-state index contributed by atoms with van der Waals surface area (Å²) in [6.45, 7) is 0.181. The van der Waals surface area contributed by atoms with Gasteiger partial charge in [-0.3, -0.25) is 4.79 Å². The van der Waals surface area contributed by atoms with Crippen molar-refractivity contribution in [2.45, 2.75) is 6.42 Å². The van der Waals surface area contributed by atoms with Gasteiger partial charge in [-0.05, 0) is 12.1 Å². The maximum atomic E-state index is 12.9. The molecule has 0 spiro atoms. The number of aromatic hydroxyl groups is 1. The normalized spacial score (nSPS) is 20.0. The van der Waals surface area contributed by atoms with Crippen molar-refractivity contribution in [3.05, 3.63) is 24.0 Å². The molecule has 0 aliphatic carbocycles. The van der Waals surface area contributed by atoms with Crippen molar-refractivity contribution < 1.29 is 22.7 Å². The van der Waals surface area contributed by atoms with Crippen molar-refractivity contribution in [1.29, 1.82) is 0 Å². The molecule has 1 saturated heterocycles. The van der Waals surface area contributed by atoms with Crippen LogP contribution >= 0.6 is 0 Å². The molecule has 0 saturated carbocycles. The fourth-order valence-electron chi connectivity index (χ4n) is 2.14. The third kappa shape index (κ3) is 3.21. The van der Waals surface area contributed by atoms with E-state index in [0.717, 1.165) is 12.1 Å². The van der Waals surface area contributed by atoms with E-state index in [1.54, 1.807) is 0 Å². The van der Waals surface area contributed by atoms with Crippen molar-refractivity contribution in [2.24, 2.45) is 11.1 Å². The summed E-state index contributed by atoms with van der Waals surface area (Å²) in [5.74, 6) is -2.28. The minimum absolute atomic E-state index is 0.0641. The second kappa shape index (κ2) is 4.78. The summed E-state index contributed by atoms with van der Waals surface area (Å²) >= 11 is 0. The van der Waals surface area contributed by atoms with Gasteiger partial charge in [0.15, 0.2) is 11.6 Å². The number of hydrogen-bond donors (Lipinski definition) is 2. The molecule has 1 aliphatic rings. The molecule has 1 aromatic rings. The first-order valence-electron chi connectivity index (χ1n) is 5.55. The average Bonchev–Trinajstić information content (AvgIpc) is 2.61. The lowest BCUT2D eigenvalue weighted by atomic mass is 10.1. The fraction of sp³-hybridized carbons (Fsp3) is 0.364. The Hall–Kier alpha value is -1.67. The highest BCUT2D eigenvalue weighted by Gasteiger charge is 2.33. The number of hydrogen-bond acceptors (Lipinski definition) is 4. The first-order chi connectivity index (χ1) is 8.76. The van der Waals surface area contributed by atoms with E-state index in [2.05, 4.69) is 0 Å². The highest BCUT2D eigenvalue weighted by atomic mass is 32.2. The average molecular weight is 288 g/mol. The summed E-state index contributed by atoms with van der Waals surface area (Å²) in [6, 6.07) is 3.53. The second-order valence-corrected chi connectivity index (χ2v) is 6.20. The molecular formula is C11H13FN2O4S. The summed E-state index contributed by atoms with van der Waals surface area (Å²) in [6.07, 6.45) is 0.0641. The summed E-state index contributed by atoms with van der Waals surface area (Å²) in [5, 5.41) is 14.2. The third-order valence-corrected chi connectivity index (χ3v) is 3.85. The predicted octanol–water partition coefficient (Wildman–Crippen LogP) is 0.173. The Bertz CT molecular complexity index is 617. The number of nitrogens with zero attached hydrogens (tertiary/aromatic N) is 1. The third-order valence-electron chi connectivity index (χ3n) is 2.91. The molecule has 1 amide bonds. The lowest BCUT2D eigenvalue weighted by Crippen LogP contribution is -2.27. The van der Waals surface area contributed by atoms with E-state index in [1.165, 1.54) is 11.0 Å². The van der Waals surface area contributed by atoms with E-state index < -0.39 is 27.5 Å². The first-order valence-corrected chi connectivity index (χ1v) is 7.27. The highest BCUT2D eigenvalue weighted by Crippen LogP contribution is 2.29. The minimum Gasteiger partial charge on any atom is -0.505 e. The Morgan fingerprint density at radius 2 is 2.16 bits per heavy atom. The van der Waals surface area contributed by atoms with E-state index in [0.29, 0.717) is 5.69 Å². The number of rotatable bonds is 3. The summed E-state index contributed by atoms with van der Waals surface area (Å²) < 4.78 is 34.9. The van der Waals surface area contributed by atoms with E-state index in [-0.39, 0.29) is 24.6 Å². The smallest absolute Gasteiger partial charge is 0.227 e. The molecule has 104 valence electrons. The van der Waals surface area contributed by atoms with Gasteiger partial charge in [0.2, 0.25) is 15.9 Å². The highest BCUT2D eigenvalue weighted by molar-refractivity contribution is 7.89. The quantitative estimate of drug-likeness (QED) is 0.828. The number of phenols is 1. The van der Waals surface area contributed by atoms with E-state index in [4.69, 9.17) is 5.14 Å². The number of nitrogens with two attached hydrogens (primary N) is 1. The Morgan fingerprint density at radius 3 is 2.74 bits per heavy atom. The minimum atomic E-state index is -3.64. The number of sulfonamides is 1. The Labute approximate surface area is 109 Å². The number of amides is 1. The van der Waals surface area contributed by atoms with Crippen molar-refractivity contribution in [3.63, 3.8) is 0 Å². The molecule has 1 atom stereocenters. The van der Waals surface area contributed by atoms with Gasteiger partial charge in [0.25, 0.3) is 0 Å². The molecule has 8 heteroatoms. The molecular weight excluding hydrogens is 275 g/mol. The van der Waals surface area contributed by atoms with Gasteiger partial charge in [0.05, 0.1) is 5.75 Å². The molecule has 6 nitrogen and oxygen atoms in total. The predicted molar refractivity (Wildman–Crippen MR) is 66.5 cm³/mol. The monoisotopic (exact) mass is 288 g/mol. The molecule has 19 heavy (non-hydrogen) atoms. The van der Waals surface area contributed by atoms with Crippen LogP contribution in [0.25, 0.3) is 0 Å². The van der Waals surface area contributed by atoms with Crippen LogP contribution in [0.2, 0.25) is 0 Å². The number of anilines is 1. The van der Waals surface area contributed by atoms with Crippen LogP contribution in [0, 0.1) is 11.7 Å². The summed E-state index contributed by atoms with van der Waals surface area (Å²) in [7, 11) is -3.64. The second-order valence-electron chi connectivity index (χ2n) is 4.54. The SMILES string of the molecule is NS(=O)(=O)CC1CC(=O)N(c2ccc(F)c(O)c2)C1. The van der Waals surface area contributed by atoms with Crippen molar-refractivity contribution in [2.75, 3.05) is 17.2 Å². The summed E-state index contributed by atoms with van der Waals surface area (Å²) in [5.41, 5.74) is 0.334. The van der Waals surface area contributed by atoms with Gasteiger partial charge in [-0.15, -0.1) is 0 Å². The lowest BCUT2D eigenvalue weighted by Gasteiger charge is -2.17. The number of primary sulfonamides is 1. The number of carbonyl (C=O) groups excluding carboxylic acids is 1. The number of phenolic OH excluding ortho intramolecular Hbond substituents is 1. The molecule has 1 aromatic carbocycles. The van der Waals surface area contributed by atoms with Crippen molar-refractivity contribution >= 4 is 21.6 Å². The van der Waals surface area contributed by atoms with Crippen LogP contribution in [0.4, 0.5) is 10.1 Å². The van der Waals surface area contributed by atoms with Crippen LogP contribution in [-0.2, 0) is 14.8 Å².